The molecule has 2 aromatic carbocycles. The van der Waals surface area contributed by atoms with Gasteiger partial charge in [-0.05, 0) is 37.3 Å². The van der Waals surface area contributed by atoms with Crippen molar-refractivity contribution in [2.45, 2.75) is 19.6 Å². The van der Waals surface area contributed by atoms with Crippen molar-refractivity contribution in [3.8, 4) is 5.75 Å². The number of ether oxygens (including phenoxy) is 1. The summed E-state index contributed by atoms with van der Waals surface area (Å²) in [7, 11) is 0. The molecule has 106 valence electrons. The van der Waals surface area contributed by atoms with Gasteiger partial charge in [-0.3, -0.25) is 0 Å². The van der Waals surface area contributed by atoms with Gasteiger partial charge in [0.2, 0.25) is 0 Å². The molecule has 1 atom stereocenters. The van der Waals surface area contributed by atoms with E-state index in [1.165, 1.54) is 12.1 Å². The van der Waals surface area contributed by atoms with Crippen molar-refractivity contribution in [1.29, 1.82) is 0 Å². The molecular weight excluding hydrogens is 302 g/mol. The SMILES string of the molecule is C[C@@H](O)c1cc(Cl)ccc1OCc1ccc(F)cc1Cl. The summed E-state index contributed by atoms with van der Waals surface area (Å²) in [5.74, 6) is 0.125. The molecule has 0 unspecified atom stereocenters. The van der Waals surface area contributed by atoms with E-state index in [0.717, 1.165) is 0 Å². The van der Waals surface area contributed by atoms with Crippen molar-refractivity contribution >= 4 is 23.2 Å². The summed E-state index contributed by atoms with van der Waals surface area (Å²) in [6.07, 6.45) is -0.701. The Balaban J connectivity index is 2.18. The van der Waals surface area contributed by atoms with Gasteiger partial charge in [0, 0.05) is 16.1 Å². The summed E-state index contributed by atoms with van der Waals surface area (Å²) in [5.41, 5.74) is 1.26. The van der Waals surface area contributed by atoms with Gasteiger partial charge in [0.05, 0.1) is 11.1 Å². The molecule has 1 N–H and O–H groups in total. The summed E-state index contributed by atoms with van der Waals surface area (Å²) in [4.78, 5) is 0. The number of benzene rings is 2. The Hall–Kier alpha value is -1.29. The molecule has 0 aromatic heterocycles. The molecule has 0 radical (unpaired) electrons. The Kier molecular flexibility index (Phi) is 4.86. The monoisotopic (exact) mass is 314 g/mol. The molecular formula is C15H13Cl2FO2. The Bertz CT molecular complexity index is 615. The number of halogens is 3. The van der Waals surface area contributed by atoms with Crippen LogP contribution in [0.5, 0.6) is 5.75 Å². The molecule has 0 aliphatic carbocycles. The van der Waals surface area contributed by atoms with E-state index in [2.05, 4.69) is 0 Å². The van der Waals surface area contributed by atoms with Crippen LogP contribution in [0.1, 0.15) is 24.2 Å². The lowest BCUT2D eigenvalue weighted by molar-refractivity contribution is 0.190. The molecule has 2 rings (SSSR count). The van der Waals surface area contributed by atoms with E-state index in [1.54, 1.807) is 31.2 Å². The van der Waals surface area contributed by atoms with Crippen LogP contribution in [0.25, 0.3) is 0 Å². The number of hydrogen-bond donors (Lipinski definition) is 1. The summed E-state index contributed by atoms with van der Waals surface area (Å²) in [6.45, 7) is 1.81. The zero-order valence-corrected chi connectivity index (χ0v) is 12.2. The third kappa shape index (κ3) is 3.63. The highest BCUT2D eigenvalue weighted by Gasteiger charge is 2.11. The lowest BCUT2D eigenvalue weighted by Crippen LogP contribution is -2.01. The Labute approximate surface area is 126 Å². The fourth-order valence-electron chi connectivity index (χ4n) is 1.77. The quantitative estimate of drug-likeness (QED) is 0.881. The van der Waals surface area contributed by atoms with Crippen molar-refractivity contribution in [2.24, 2.45) is 0 Å². The highest BCUT2D eigenvalue weighted by atomic mass is 35.5. The smallest absolute Gasteiger partial charge is 0.125 e. The Morgan fingerprint density at radius 2 is 1.95 bits per heavy atom. The molecule has 2 nitrogen and oxygen atoms in total. The molecule has 2 aromatic rings. The van der Waals surface area contributed by atoms with E-state index >= 15 is 0 Å². The number of rotatable bonds is 4. The average molecular weight is 315 g/mol. The van der Waals surface area contributed by atoms with Crippen molar-refractivity contribution in [1.82, 2.24) is 0 Å². The highest BCUT2D eigenvalue weighted by Crippen LogP contribution is 2.29. The Morgan fingerprint density at radius 1 is 1.20 bits per heavy atom. The Morgan fingerprint density at radius 3 is 2.60 bits per heavy atom. The molecule has 0 aliphatic heterocycles. The summed E-state index contributed by atoms with van der Waals surface area (Å²) < 4.78 is 18.6. The molecule has 0 aliphatic rings. The van der Waals surface area contributed by atoms with Crippen LogP contribution in [-0.2, 0) is 6.61 Å². The molecule has 20 heavy (non-hydrogen) atoms. The first-order valence-electron chi connectivity index (χ1n) is 6.01. The highest BCUT2D eigenvalue weighted by molar-refractivity contribution is 6.31. The number of aliphatic hydroxyl groups excluding tert-OH is 1. The van der Waals surface area contributed by atoms with Crippen LogP contribution in [0.15, 0.2) is 36.4 Å². The molecule has 0 fully saturated rings. The fourth-order valence-corrected chi connectivity index (χ4v) is 2.17. The molecule has 0 saturated heterocycles. The zero-order chi connectivity index (χ0) is 14.7. The minimum Gasteiger partial charge on any atom is -0.488 e. The molecule has 0 heterocycles. The van der Waals surface area contributed by atoms with Gasteiger partial charge in [0.1, 0.15) is 18.2 Å². The minimum absolute atomic E-state index is 0.181. The van der Waals surface area contributed by atoms with Crippen molar-refractivity contribution in [3.63, 3.8) is 0 Å². The van der Waals surface area contributed by atoms with Gasteiger partial charge in [-0.15, -0.1) is 0 Å². The van der Waals surface area contributed by atoms with Crippen LogP contribution < -0.4 is 4.74 Å². The standard InChI is InChI=1S/C15H13Cl2FO2/c1-9(19)13-6-11(16)3-5-15(13)20-8-10-2-4-12(18)7-14(10)17/h2-7,9,19H,8H2,1H3/t9-/m1/s1. The second-order valence-corrected chi connectivity index (χ2v) is 5.23. The topological polar surface area (TPSA) is 29.5 Å². The lowest BCUT2D eigenvalue weighted by Gasteiger charge is -2.14. The first kappa shape index (κ1) is 15.1. The summed E-state index contributed by atoms with van der Waals surface area (Å²) in [6, 6.07) is 9.13. The van der Waals surface area contributed by atoms with Crippen LogP contribution >= 0.6 is 23.2 Å². The maximum Gasteiger partial charge on any atom is 0.125 e. The first-order valence-corrected chi connectivity index (χ1v) is 6.77. The van der Waals surface area contributed by atoms with Gasteiger partial charge in [-0.25, -0.2) is 4.39 Å². The van der Waals surface area contributed by atoms with Crippen molar-refractivity contribution in [2.75, 3.05) is 0 Å². The molecule has 0 saturated carbocycles. The third-order valence-electron chi connectivity index (χ3n) is 2.82. The normalized spacial score (nSPS) is 12.2. The second-order valence-electron chi connectivity index (χ2n) is 4.38. The van der Waals surface area contributed by atoms with E-state index in [4.69, 9.17) is 27.9 Å². The predicted molar refractivity (Wildman–Crippen MR) is 77.8 cm³/mol. The van der Waals surface area contributed by atoms with Crippen LogP contribution in [0, 0.1) is 5.82 Å². The largest absolute Gasteiger partial charge is 0.488 e. The van der Waals surface area contributed by atoms with Crippen LogP contribution in [-0.4, -0.2) is 5.11 Å². The van der Waals surface area contributed by atoms with Crippen LogP contribution in [0.2, 0.25) is 10.0 Å². The summed E-state index contributed by atoms with van der Waals surface area (Å²) >= 11 is 11.8. The zero-order valence-electron chi connectivity index (χ0n) is 10.7. The van der Waals surface area contributed by atoms with Gasteiger partial charge >= 0.3 is 0 Å². The van der Waals surface area contributed by atoms with Gasteiger partial charge in [-0.1, -0.05) is 29.3 Å². The maximum atomic E-state index is 13.0. The second kappa shape index (κ2) is 6.44. The average Bonchev–Trinajstić information content (AvgIpc) is 2.38. The molecule has 0 amide bonds. The molecule has 0 bridgehead atoms. The number of hydrogen-bond acceptors (Lipinski definition) is 2. The molecule has 5 heteroatoms. The molecule has 0 spiro atoms. The van der Waals surface area contributed by atoms with E-state index < -0.39 is 11.9 Å². The van der Waals surface area contributed by atoms with E-state index in [0.29, 0.717) is 26.9 Å². The predicted octanol–water partition coefficient (Wildman–Crippen LogP) is 4.76. The van der Waals surface area contributed by atoms with Gasteiger partial charge < -0.3 is 9.84 Å². The van der Waals surface area contributed by atoms with E-state index in [1.807, 2.05) is 0 Å². The van der Waals surface area contributed by atoms with Crippen molar-refractivity contribution in [3.05, 3.63) is 63.4 Å². The van der Waals surface area contributed by atoms with Gasteiger partial charge in [-0.2, -0.15) is 0 Å². The van der Waals surface area contributed by atoms with Gasteiger partial charge in [0.15, 0.2) is 0 Å². The maximum absolute atomic E-state index is 13.0. The summed E-state index contributed by atoms with van der Waals surface area (Å²) in [5, 5.41) is 10.5. The van der Waals surface area contributed by atoms with Crippen molar-refractivity contribution < 1.29 is 14.2 Å². The third-order valence-corrected chi connectivity index (χ3v) is 3.41. The van der Waals surface area contributed by atoms with Gasteiger partial charge in [0.25, 0.3) is 0 Å². The number of aliphatic hydroxyl groups is 1. The first-order chi connectivity index (χ1) is 9.47. The van der Waals surface area contributed by atoms with Crippen LogP contribution in [0.4, 0.5) is 4.39 Å². The van der Waals surface area contributed by atoms with Crippen LogP contribution in [0.3, 0.4) is 0 Å². The minimum atomic E-state index is -0.701. The lowest BCUT2D eigenvalue weighted by atomic mass is 10.1. The van der Waals surface area contributed by atoms with E-state index in [-0.39, 0.29) is 6.61 Å². The fraction of sp³-hybridized carbons (Fsp3) is 0.200. The van der Waals surface area contributed by atoms with E-state index in [9.17, 15) is 9.50 Å².